The van der Waals surface area contributed by atoms with Crippen LogP contribution in [0.4, 0.5) is 0 Å². The lowest BCUT2D eigenvalue weighted by atomic mass is 9.95. The number of rotatable bonds is 1. The van der Waals surface area contributed by atoms with Crippen molar-refractivity contribution < 1.29 is 4.57 Å². The van der Waals surface area contributed by atoms with Crippen LogP contribution in [0.15, 0.2) is 48.5 Å². The molecule has 3 heterocycles. The number of fused-ring (bicyclic) bond motifs is 8. The monoisotopic (exact) mass is 354 g/mol. The molecule has 0 saturated heterocycles. The molecule has 0 unspecified atom stereocenters. The van der Waals surface area contributed by atoms with Gasteiger partial charge in [-0.05, 0) is 55.2 Å². The summed E-state index contributed by atoms with van der Waals surface area (Å²) in [6.45, 7) is 8.83. The zero-order valence-electron chi connectivity index (χ0n) is 16.5. The van der Waals surface area contributed by atoms with E-state index in [1.165, 1.54) is 44.1 Å². The molecule has 3 nitrogen and oxygen atoms in total. The van der Waals surface area contributed by atoms with Crippen LogP contribution in [0.2, 0.25) is 0 Å². The van der Waals surface area contributed by atoms with E-state index in [0.29, 0.717) is 5.92 Å². The Hall–Kier alpha value is -2.94. The number of imidazole rings is 1. The molecule has 0 saturated carbocycles. The summed E-state index contributed by atoms with van der Waals surface area (Å²) in [5.74, 6) is 0.438. The van der Waals surface area contributed by atoms with E-state index in [0.717, 1.165) is 11.2 Å². The lowest BCUT2D eigenvalue weighted by Gasteiger charge is -2.13. The molecule has 0 aliphatic rings. The van der Waals surface area contributed by atoms with Crippen LogP contribution in [0.1, 0.15) is 36.6 Å². The van der Waals surface area contributed by atoms with Crippen molar-refractivity contribution in [3.05, 3.63) is 65.4 Å². The molecule has 134 valence electrons. The van der Waals surface area contributed by atoms with Crippen molar-refractivity contribution in [1.29, 1.82) is 0 Å². The van der Waals surface area contributed by atoms with Gasteiger partial charge < -0.3 is 0 Å². The minimum Gasteiger partial charge on any atom is -0.252 e. The predicted octanol–water partition coefficient (Wildman–Crippen LogP) is 5.36. The Morgan fingerprint density at radius 3 is 2.44 bits per heavy atom. The van der Waals surface area contributed by atoms with E-state index in [9.17, 15) is 0 Å². The fourth-order valence-electron chi connectivity index (χ4n) is 4.62. The fraction of sp³-hybridized carbons (Fsp3) is 0.250. The predicted molar refractivity (Wildman–Crippen MR) is 112 cm³/mol. The molecule has 0 amide bonds. The van der Waals surface area contributed by atoms with E-state index in [1.54, 1.807) is 0 Å². The second kappa shape index (κ2) is 5.53. The number of aromatic nitrogens is 3. The Kier molecular flexibility index (Phi) is 3.33. The van der Waals surface area contributed by atoms with E-state index in [-0.39, 0.29) is 0 Å². The third-order valence-electron chi connectivity index (χ3n) is 5.76. The fourth-order valence-corrected chi connectivity index (χ4v) is 4.62. The van der Waals surface area contributed by atoms with Crippen molar-refractivity contribution in [1.82, 2.24) is 9.38 Å². The molecule has 5 rings (SSSR count). The Balaban J connectivity index is 2.26. The summed E-state index contributed by atoms with van der Waals surface area (Å²) < 4.78 is 4.73. The zero-order valence-corrected chi connectivity index (χ0v) is 16.5. The summed E-state index contributed by atoms with van der Waals surface area (Å²) in [5.41, 5.74) is 9.76. The number of nitrogens with zero attached hydrogens (tertiary/aromatic N) is 3. The van der Waals surface area contributed by atoms with Crippen molar-refractivity contribution >= 4 is 38.5 Å². The maximum Gasteiger partial charge on any atom is 0.297 e. The summed E-state index contributed by atoms with van der Waals surface area (Å²) in [5, 5.41) is 2.53. The van der Waals surface area contributed by atoms with Crippen LogP contribution in [-0.4, -0.2) is 9.38 Å². The van der Waals surface area contributed by atoms with E-state index in [1.807, 2.05) is 0 Å². The van der Waals surface area contributed by atoms with Gasteiger partial charge in [0.2, 0.25) is 0 Å². The van der Waals surface area contributed by atoms with Crippen LogP contribution in [0.3, 0.4) is 0 Å². The Morgan fingerprint density at radius 2 is 1.67 bits per heavy atom. The number of hydrogen-bond acceptors (Lipinski definition) is 1. The molecule has 0 aliphatic heterocycles. The van der Waals surface area contributed by atoms with Gasteiger partial charge in [0, 0.05) is 5.69 Å². The normalized spacial score (nSPS) is 12.2. The maximum atomic E-state index is 5.04. The highest BCUT2D eigenvalue weighted by molar-refractivity contribution is 6.13. The summed E-state index contributed by atoms with van der Waals surface area (Å²) in [6, 6.07) is 17.5. The summed E-state index contributed by atoms with van der Waals surface area (Å²) in [6.07, 6.45) is 0. The molecule has 3 aromatic heterocycles. The molecular weight excluding hydrogens is 330 g/mol. The molecule has 3 heteroatoms. The Morgan fingerprint density at radius 1 is 0.926 bits per heavy atom. The molecule has 0 spiro atoms. The third-order valence-corrected chi connectivity index (χ3v) is 5.76. The highest BCUT2D eigenvalue weighted by Gasteiger charge is 2.26. The average molecular weight is 354 g/mol. The summed E-state index contributed by atoms with van der Waals surface area (Å²) >= 11 is 0. The van der Waals surface area contributed by atoms with E-state index in [4.69, 9.17) is 4.98 Å². The van der Waals surface area contributed by atoms with Crippen molar-refractivity contribution in [3.8, 4) is 0 Å². The van der Waals surface area contributed by atoms with Gasteiger partial charge in [0.25, 0.3) is 5.65 Å². The van der Waals surface area contributed by atoms with Gasteiger partial charge in [0.05, 0.1) is 23.3 Å². The third kappa shape index (κ3) is 2.08. The first kappa shape index (κ1) is 16.2. The van der Waals surface area contributed by atoms with Crippen LogP contribution in [-0.2, 0) is 7.05 Å². The molecule has 5 aromatic rings. The minimum atomic E-state index is 0.438. The zero-order chi connectivity index (χ0) is 18.9. The maximum absolute atomic E-state index is 5.04. The number of para-hydroxylation sites is 2. The van der Waals surface area contributed by atoms with Gasteiger partial charge in [-0.1, -0.05) is 38.1 Å². The molecule has 0 N–H and O–H groups in total. The highest BCUT2D eigenvalue weighted by atomic mass is 15.1. The van der Waals surface area contributed by atoms with Crippen LogP contribution in [0, 0.1) is 13.8 Å². The lowest BCUT2D eigenvalue weighted by molar-refractivity contribution is -0.617. The first-order valence-electron chi connectivity index (χ1n) is 9.60. The molecule has 27 heavy (non-hydrogen) atoms. The van der Waals surface area contributed by atoms with Gasteiger partial charge >= 0.3 is 0 Å². The van der Waals surface area contributed by atoms with E-state index >= 15 is 0 Å². The number of hydrogen-bond donors (Lipinski definition) is 0. The van der Waals surface area contributed by atoms with Gasteiger partial charge in [0.15, 0.2) is 11.0 Å². The SMILES string of the molecule is Cc1cc(C)c2c(n1)c1c(C(C)C)cccc1n1c3ccccc3[n+](C)c21. The quantitative estimate of drug-likeness (QED) is 0.293. The molecule has 0 radical (unpaired) electrons. The molecule has 0 atom stereocenters. The largest absolute Gasteiger partial charge is 0.297 e. The van der Waals surface area contributed by atoms with Crippen LogP contribution in [0.25, 0.3) is 38.5 Å². The molecule has 0 fully saturated rings. The summed E-state index contributed by atoms with van der Waals surface area (Å²) in [4.78, 5) is 5.04. The van der Waals surface area contributed by atoms with Gasteiger partial charge in [-0.15, -0.1) is 0 Å². The Bertz CT molecular complexity index is 1370. The number of aryl methyl sites for hydroxylation is 3. The lowest BCUT2D eigenvalue weighted by Crippen LogP contribution is -2.27. The van der Waals surface area contributed by atoms with Gasteiger partial charge in [-0.3, -0.25) is 4.98 Å². The molecule has 2 aromatic carbocycles. The van der Waals surface area contributed by atoms with Crippen molar-refractivity contribution in [2.75, 3.05) is 0 Å². The smallest absolute Gasteiger partial charge is 0.252 e. The van der Waals surface area contributed by atoms with Crippen molar-refractivity contribution in [2.45, 2.75) is 33.6 Å². The van der Waals surface area contributed by atoms with Crippen LogP contribution >= 0.6 is 0 Å². The van der Waals surface area contributed by atoms with Crippen molar-refractivity contribution in [2.24, 2.45) is 7.05 Å². The number of benzene rings is 2. The minimum absolute atomic E-state index is 0.438. The average Bonchev–Trinajstić information content (AvgIpc) is 2.94. The number of pyridine rings is 2. The molecule has 0 aliphatic carbocycles. The molecular formula is C24H24N3+. The standard InChI is InChI=1S/C24H24N3/c1-14(2)17-9-8-12-20-22(17)23-21(15(3)13-16(4)25-23)24-26(5)18-10-6-7-11-19(18)27(20)24/h6-14H,1-5H3/q+1. The highest BCUT2D eigenvalue weighted by Crippen LogP contribution is 2.36. The topological polar surface area (TPSA) is 21.2 Å². The van der Waals surface area contributed by atoms with Gasteiger partial charge in [-0.25, -0.2) is 4.57 Å². The second-order valence-corrected chi connectivity index (χ2v) is 7.91. The summed E-state index contributed by atoms with van der Waals surface area (Å²) in [7, 11) is 2.16. The Labute approximate surface area is 158 Å². The first-order valence-corrected chi connectivity index (χ1v) is 9.60. The second-order valence-electron chi connectivity index (χ2n) is 7.91. The van der Waals surface area contributed by atoms with Crippen LogP contribution in [0.5, 0.6) is 0 Å². The van der Waals surface area contributed by atoms with Crippen molar-refractivity contribution in [3.63, 3.8) is 0 Å². The van der Waals surface area contributed by atoms with E-state index in [2.05, 4.69) is 92.2 Å². The first-order chi connectivity index (χ1) is 13.0. The van der Waals surface area contributed by atoms with E-state index < -0.39 is 0 Å². The van der Waals surface area contributed by atoms with Gasteiger partial charge in [-0.2, -0.15) is 4.40 Å². The molecule has 0 bridgehead atoms. The van der Waals surface area contributed by atoms with Gasteiger partial charge in [0.1, 0.15) is 5.52 Å². The van der Waals surface area contributed by atoms with Crippen LogP contribution < -0.4 is 4.57 Å².